The zero-order valence-electron chi connectivity index (χ0n) is 16.6. The van der Waals surface area contributed by atoms with Crippen molar-refractivity contribution in [3.8, 4) is 11.1 Å². The van der Waals surface area contributed by atoms with Crippen LogP contribution >= 0.6 is 0 Å². The van der Waals surface area contributed by atoms with Crippen molar-refractivity contribution in [2.75, 3.05) is 0 Å². The number of H-pyrrole nitrogens is 1. The van der Waals surface area contributed by atoms with Crippen LogP contribution in [0, 0.1) is 6.92 Å². The van der Waals surface area contributed by atoms with Crippen LogP contribution in [-0.4, -0.2) is 21.3 Å². The van der Waals surface area contributed by atoms with Gasteiger partial charge in [-0.2, -0.15) is 13.2 Å². The molecule has 2 aliphatic rings. The smallest absolute Gasteiger partial charge is 0.388 e. The van der Waals surface area contributed by atoms with E-state index in [9.17, 15) is 13.2 Å². The molecule has 1 aliphatic heterocycles. The molecule has 1 fully saturated rings. The SMILES string of the molecule is Cc1cc(-c2ccccc2C(F)(F)F)cc2nc(C3=NOC4(CCCCC4)C3)[nH]c12. The fraction of sp³-hybridized carbons (Fsp3) is 0.391. The van der Waals surface area contributed by atoms with Crippen LogP contribution in [0.15, 0.2) is 41.6 Å². The lowest BCUT2D eigenvalue weighted by Gasteiger charge is -2.30. The van der Waals surface area contributed by atoms with E-state index in [2.05, 4.69) is 15.1 Å². The zero-order chi connectivity index (χ0) is 20.9. The number of benzene rings is 2. The Hall–Kier alpha value is -2.83. The largest absolute Gasteiger partial charge is 0.417 e. The first kappa shape index (κ1) is 19.2. The first-order valence-electron chi connectivity index (χ1n) is 10.3. The minimum Gasteiger partial charge on any atom is -0.388 e. The fourth-order valence-electron chi connectivity index (χ4n) is 4.67. The Balaban J connectivity index is 1.52. The molecule has 0 radical (unpaired) electrons. The maximum atomic E-state index is 13.5. The number of hydrogen-bond acceptors (Lipinski definition) is 3. The summed E-state index contributed by atoms with van der Waals surface area (Å²) in [4.78, 5) is 13.8. The second-order valence-electron chi connectivity index (χ2n) is 8.37. The predicted molar refractivity (Wildman–Crippen MR) is 109 cm³/mol. The minimum atomic E-state index is -4.42. The van der Waals surface area contributed by atoms with E-state index in [0.29, 0.717) is 16.9 Å². The fourth-order valence-corrected chi connectivity index (χ4v) is 4.67. The normalized spacial score (nSPS) is 18.6. The van der Waals surface area contributed by atoms with Crippen LogP contribution in [0.1, 0.15) is 55.5 Å². The third-order valence-corrected chi connectivity index (χ3v) is 6.21. The van der Waals surface area contributed by atoms with Crippen LogP contribution in [0.5, 0.6) is 0 Å². The summed E-state index contributed by atoms with van der Waals surface area (Å²) in [5.74, 6) is 0.636. The summed E-state index contributed by atoms with van der Waals surface area (Å²) in [5.41, 5.74) is 2.86. The van der Waals surface area contributed by atoms with Gasteiger partial charge in [0.05, 0.1) is 16.6 Å². The Labute approximate surface area is 172 Å². The highest BCUT2D eigenvalue weighted by atomic mass is 19.4. The molecule has 1 saturated carbocycles. The molecule has 0 amide bonds. The third-order valence-electron chi connectivity index (χ3n) is 6.21. The number of aromatic nitrogens is 2. The molecule has 2 aromatic carbocycles. The first-order valence-corrected chi connectivity index (χ1v) is 10.3. The van der Waals surface area contributed by atoms with Gasteiger partial charge in [-0.3, -0.25) is 0 Å². The van der Waals surface area contributed by atoms with E-state index in [0.717, 1.165) is 55.0 Å². The Kier molecular flexibility index (Phi) is 4.38. The number of oxime groups is 1. The van der Waals surface area contributed by atoms with Gasteiger partial charge in [0.25, 0.3) is 0 Å². The highest BCUT2D eigenvalue weighted by Crippen LogP contribution is 2.40. The summed E-state index contributed by atoms with van der Waals surface area (Å²) in [6, 6.07) is 9.11. The summed E-state index contributed by atoms with van der Waals surface area (Å²) in [7, 11) is 0. The molecule has 0 unspecified atom stereocenters. The van der Waals surface area contributed by atoms with Crippen molar-refractivity contribution in [1.29, 1.82) is 0 Å². The van der Waals surface area contributed by atoms with Crippen LogP contribution in [0.3, 0.4) is 0 Å². The Morgan fingerprint density at radius 3 is 2.60 bits per heavy atom. The molecule has 4 nitrogen and oxygen atoms in total. The van der Waals surface area contributed by atoms with Gasteiger partial charge in [0.1, 0.15) is 11.3 Å². The summed E-state index contributed by atoms with van der Waals surface area (Å²) >= 11 is 0. The molecule has 1 spiro atoms. The summed E-state index contributed by atoms with van der Waals surface area (Å²) in [6.07, 6.45) is 1.81. The van der Waals surface area contributed by atoms with Gasteiger partial charge in [0.15, 0.2) is 5.82 Å². The number of aryl methyl sites for hydroxylation is 1. The topological polar surface area (TPSA) is 50.3 Å². The minimum absolute atomic E-state index is 0.155. The number of rotatable bonds is 2. The standard InChI is InChI=1S/C23H22F3N3O/c1-14-11-15(16-7-3-4-8-17(16)23(24,25)26)12-18-20(14)28-21(27-18)19-13-22(30-29-19)9-5-2-6-10-22/h3-4,7-8,11-12H,2,5-6,9-10,13H2,1H3,(H,27,28). The maximum Gasteiger partial charge on any atom is 0.417 e. The van der Waals surface area contributed by atoms with E-state index in [4.69, 9.17) is 4.84 Å². The number of aromatic amines is 1. The number of nitrogens with one attached hydrogen (secondary N) is 1. The molecule has 0 atom stereocenters. The molecule has 3 aromatic rings. The number of alkyl halides is 3. The van der Waals surface area contributed by atoms with E-state index >= 15 is 0 Å². The van der Waals surface area contributed by atoms with E-state index < -0.39 is 11.7 Å². The Morgan fingerprint density at radius 1 is 1.07 bits per heavy atom. The number of halogens is 3. The molecule has 0 saturated heterocycles. The van der Waals surface area contributed by atoms with Gasteiger partial charge >= 0.3 is 6.18 Å². The number of hydrogen-bond donors (Lipinski definition) is 1. The number of nitrogens with zero attached hydrogens (tertiary/aromatic N) is 2. The average molecular weight is 413 g/mol. The van der Waals surface area contributed by atoms with Crippen molar-refractivity contribution in [3.05, 3.63) is 53.3 Å². The molecule has 5 rings (SSSR count). The van der Waals surface area contributed by atoms with Crippen molar-refractivity contribution >= 4 is 16.7 Å². The average Bonchev–Trinajstić information content (AvgIpc) is 3.33. The lowest BCUT2D eigenvalue weighted by Crippen LogP contribution is -2.31. The van der Waals surface area contributed by atoms with Crippen LogP contribution < -0.4 is 0 Å². The molecule has 156 valence electrons. The number of imidazole rings is 1. The second kappa shape index (κ2) is 6.86. The molecule has 1 N–H and O–H groups in total. The summed E-state index contributed by atoms with van der Waals surface area (Å²) < 4.78 is 40.4. The highest BCUT2D eigenvalue weighted by molar-refractivity contribution is 6.01. The van der Waals surface area contributed by atoms with Crippen LogP contribution in [0.2, 0.25) is 0 Å². The summed E-state index contributed by atoms with van der Waals surface area (Å²) in [6.45, 7) is 1.87. The van der Waals surface area contributed by atoms with Crippen molar-refractivity contribution in [2.45, 2.75) is 57.2 Å². The van der Waals surface area contributed by atoms with Crippen molar-refractivity contribution in [3.63, 3.8) is 0 Å². The van der Waals surface area contributed by atoms with E-state index in [1.807, 2.05) is 6.92 Å². The zero-order valence-corrected chi connectivity index (χ0v) is 16.6. The van der Waals surface area contributed by atoms with Crippen LogP contribution in [-0.2, 0) is 11.0 Å². The molecule has 30 heavy (non-hydrogen) atoms. The van der Waals surface area contributed by atoms with Crippen LogP contribution in [0.4, 0.5) is 13.2 Å². The Morgan fingerprint density at radius 2 is 1.83 bits per heavy atom. The lowest BCUT2D eigenvalue weighted by atomic mass is 9.81. The van der Waals surface area contributed by atoms with E-state index in [-0.39, 0.29) is 11.2 Å². The maximum absolute atomic E-state index is 13.5. The Bertz CT molecular complexity index is 1140. The van der Waals surface area contributed by atoms with Gasteiger partial charge in [-0.1, -0.05) is 29.8 Å². The van der Waals surface area contributed by atoms with Crippen molar-refractivity contribution < 1.29 is 18.0 Å². The monoisotopic (exact) mass is 413 g/mol. The van der Waals surface area contributed by atoms with Gasteiger partial charge in [0, 0.05) is 6.42 Å². The molecular weight excluding hydrogens is 391 g/mol. The number of fused-ring (bicyclic) bond motifs is 1. The molecule has 0 bridgehead atoms. The highest BCUT2D eigenvalue weighted by Gasteiger charge is 2.41. The van der Waals surface area contributed by atoms with Crippen molar-refractivity contribution in [2.24, 2.45) is 5.16 Å². The first-order chi connectivity index (χ1) is 14.3. The molecule has 7 heteroatoms. The van der Waals surface area contributed by atoms with Gasteiger partial charge in [0.2, 0.25) is 0 Å². The quantitative estimate of drug-likeness (QED) is 0.530. The van der Waals surface area contributed by atoms with Gasteiger partial charge in [-0.15, -0.1) is 0 Å². The second-order valence-corrected chi connectivity index (χ2v) is 8.37. The summed E-state index contributed by atoms with van der Waals surface area (Å²) in [5, 5.41) is 4.31. The van der Waals surface area contributed by atoms with Gasteiger partial charge in [-0.05, 0) is 67.5 Å². The van der Waals surface area contributed by atoms with E-state index in [1.54, 1.807) is 18.2 Å². The van der Waals surface area contributed by atoms with Gasteiger partial charge < -0.3 is 9.82 Å². The van der Waals surface area contributed by atoms with E-state index in [1.165, 1.54) is 18.6 Å². The predicted octanol–water partition coefficient (Wildman–Crippen LogP) is 6.38. The molecule has 1 aromatic heterocycles. The lowest BCUT2D eigenvalue weighted by molar-refractivity contribution is -0.137. The van der Waals surface area contributed by atoms with Crippen LogP contribution in [0.25, 0.3) is 22.2 Å². The molecular formula is C23H22F3N3O. The molecule has 1 aliphatic carbocycles. The van der Waals surface area contributed by atoms with Crippen molar-refractivity contribution in [1.82, 2.24) is 9.97 Å². The molecule has 2 heterocycles. The van der Waals surface area contributed by atoms with Gasteiger partial charge in [-0.25, -0.2) is 4.98 Å². The third kappa shape index (κ3) is 3.26.